The molecule has 0 saturated heterocycles. The Hall–Kier alpha value is -1.96. The Bertz CT molecular complexity index is 532. The molecule has 116 valence electrons. The van der Waals surface area contributed by atoms with E-state index in [1.54, 1.807) is 12.5 Å². The van der Waals surface area contributed by atoms with Gasteiger partial charge in [-0.25, -0.2) is 9.78 Å². The monoisotopic (exact) mass is 291 g/mol. The fraction of sp³-hybridized carbons (Fsp3) is 0.625. The van der Waals surface area contributed by atoms with Crippen LogP contribution < -0.4 is 5.32 Å². The Morgan fingerprint density at radius 3 is 2.62 bits per heavy atom. The van der Waals surface area contributed by atoms with Crippen LogP contribution in [0.5, 0.6) is 0 Å². The molecule has 1 N–H and O–H groups in total. The number of hydrogen-bond donors (Lipinski definition) is 1. The summed E-state index contributed by atoms with van der Waals surface area (Å²) in [6.07, 6.45) is 8.99. The highest BCUT2D eigenvalue weighted by Crippen LogP contribution is 2.24. The number of nitrogens with one attached hydrogen (secondary N) is 1. The number of amides is 1. The summed E-state index contributed by atoms with van der Waals surface area (Å²) in [6, 6.07) is 0.118. The van der Waals surface area contributed by atoms with Crippen LogP contribution in [0.15, 0.2) is 12.5 Å². The third kappa shape index (κ3) is 4.82. The van der Waals surface area contributed by atoms with E-state index in [9.17, 15) is 4.79 Å². The second-order valence-corrected chi connectivity index (χ2v) is 6.70. The van der Waals surface area contributed by atoms with E-state index in [1.165, 1.54) is 0 Å². The Labute approximate surface area is 127 Å². The summed E-state index contributed by atoms with van der Waals surface area (Å²) in [5, 5.41) is 2.88. The first-order chi connectivity index (χ1) is 9.57. The topological polar surface area (TPSA) is 56.2 Å². The molecule has 0 fully saturated rings. The van der Waals surface area contributed by atoms with E-state index in [4.69, 9.17) is 11.2 Å². The molecule has 1 aromatic rings. The maximum atomic E-state index is 12.0. The van der Waals surface area contributed by atoms with Crippen molar-refractivity contribution in [1.82, 2.24) is 14.9 Å². The maximum Gasteiger partial charge on any atom is 0.408 e. The number of rotatable bonds is 4. The molecular formula is C16H25N3O2. The molecular weight excluding hydrogens is 266 g/mol. The Kier molecular flexibility index (Phi) is 5.06. The molecule has 5 heteroatoms. The van der Waals surface area contributed by atoms with Crippen molar-refractivity contribution in [1.29, 1.82) is 0 Å². The third-order valence-electron chi connectivity index (χ3n) is 3.01. The summed E-state index contributed by atoms with van der Waals surface area (Å²) in [5.74, 6) is 2.65. The van der Waals surface area contributed by atoms with E-state index >= 15 is 0 Å². The van der Waals surface area contributed by atoms with Gasteiger partial charge in [0.25, 0.3) is 0 Å². The lowest BCUT2D eigenvalue weighted by molar-refractivity contribution is 0.0466. The number of terminal acetylenes is 1. The molecule has 1 amide bonds. The number of aromatic nitrogens is 2. The summed E-state index contributed by atoms with van der Waals surface area (Å²) in [4.78, 5) is 16.2. The highest BCUT2D eigenvalue weighted by atomic mass is 16.6. The van der Waals surface area contributed by atoms with Crippen LogP contribution >= 0.6 is 0 Å². The molecule has 0 bridgehead atoms. The molecule has 0 saturated carbocycles. The van der Waals surface area contributed by atoms with Crippen molar-refractivity contribution in [2.75, 3.05) is 0 Å². The molecule has 0 aliphatic heterocycles. The number of carbonyl (C=O) groups is 1. The van der Waals surface area contributed by atoms with Gasteiger partial charge in [0.15, 0.2) is 0 Å². The van der Waals surface area contributed by atoms with Crippen molar-refractivity contribution in [2.24, 2.45) is 0 Å². The van der Waals surface area contributed by atoms with Crippen LogP contribution in [0, 0.1) is 12.3 Å². The van der Waals surface area contributed by atoms with E-state index in [0.717, 1.165) is 5.69 Å². The first-order valence-corrected chi connectivity index (χ1v) is 7.04. The fourth-order valence-electron chi connectivity index (χ4n) is 2.03. The van der Waals surface area contributed by atoms with Crippen molar-refractivity contribution >= 4 is 6.09 Å². The highest BCUT2D eigenvalue weighted by Gasteiger charge is 2.29. The fourth-order valence-corrected chi connectivity index (χ4v) is 2.03. The normalized spacial score (nSPS) is 13.4. The van der Waals surface area contributed by atoms with Crippen LogP contribution in [0.2, 0.25) is 0 Å². The number of carbonyl (C=O) groups excluding carboxylic acids is 1. The van der Waals surface area contributed by atoms with E-state index in [2.05, 4.69) is 16.2 Å². The van der Waals surface area contributed by atoms with Gasteiger partial charge in [-0.15, -0.1) is 12.3 Å². The molecule has 1 atom stereocenters. The zero-order valence-electron chi connectivity index (χ0n) is 13.7. The lowest BCUT2D eigenvalue weighted by Crippen LogP contribution is -2.45. The summed E-state index contributed by atoms with van der Waals surface area (Å²) in [5.41, 5.74) is -0.255. The quantitative estimate of drug-likeness (QED) is 0.867. The average Bonchev–Trinajstić information content (AvgIpc) is 2.74. The van der Waals surface area contributed by atoms with Gasteiger partial charge in [-0.3, -0.25) is 0 Å². The van der Waals surface area contributed by atoms with Gasteiger partial charge in [-0.1, -0.05) is 0 Å². The van der Waals surface area contributed by atoms with Crippen LogP contribution in [-0.2, 0) is 10.3 Å². The minimum absolute atomic E-state index is 0.118. The Morgan fingerprint density at radius 2 is 2.10 bits per heavy atom. The van der Waals surface area contributed by atoms with Crippen LogP contribution in [0.25, 0.3) is 0 Å². The SMILES string of the molecule is C#CCC(C)n1cncc1C(C)(C)NC(=O)OC(C)(C)C. The van der Waals surface area contributed by atoms with Crippen molar-refractivity contribution in [3.8, 4) is 12.3 Å². The smallest absolute Gasteiger partial charge is 0.408 e. The van der Waals surface area contributed by atoms with Crippen LogP contribution in [0.4, 0.5) is 4.79 Å². The number of imidazole rings is 1. The lowest BCUT2D eigenvalue weighted by atomic mass is 10.0. The summed E-state index contributed by atoms with van der Waals surface area (Å²) in [6.45, 7) is 11.3. The predicted molar refractivity (Wildman–Crippen MR) is 82.8 cm³/mol. The zero-order valence-corrected chi connectivity index (χ0v) is 13.7. The molecule has 0 radical (unpaired) electrons. The standard InChI is InChI=1S/C16H25N3O2/c1-8-9-12(2)19-11-17-10-13(19)16(6,7)18-14(20)21-15(3,4)5/h1,10-12H,9H2,2-7H3,(H,18,20). The molecule has 1 rings (SSSR count). The van der Waals surface area contributed by atoms with Gasteiger partial charge in [0.05, 0.1) is 23.8 Å². The van der Waals surface area contributed by atoms with Gasteiger partial charge in [-0.05, 0) is 41.5 Å². The van der Waals surface area contributed by atoms with E-state index in [1.807, 2.05) is 46.1 Å². The first-order valence-electron chi connectivity index (χ1n) is 7.04. The minimum Gasteiger partial charge on any atom is -0.444 e. The van der Waals surface area contributed by atoms with E-state index in [0.29, 0.717) is 6.42 Å². The van der Waals surface area contributed by atoms with Crippen LogP contribution in [0.3, 0.4) is 0 Å². The summed E-state index contributed by atoms with van der Waals surface area (Å²) in [7, 11) is 0. The first kappa shape index (κ1) is 17.1. The van der Waals surface area contributed by atoms with Gasteiger partial charge in [-0.2, -0.15) is 0 Å². The van der Waals surface area contributed by atoms with E-state index in [-0.39, 0.29) is 6.04 Å². The molecule has 21 heavy (non-hydrogen) atoms. The van der Waals surface area contributed by atoms with Crippen LogP contribution in [0.1, 0.15) is 59.7 Å². The number of nitrogens with zero attached hydrogens (tertiary/aromatic N) is 2. The van der Waals surface area contributed by atoms with E-state index < -0.39 is 17.2 Å². The summed E-state index contributed by atoms with van der Waals surface area (Å²) < 4.78 is 7.29. The second-order valence-electron chi connectivity index (χ2n) is 6.70. The van der Waals surface area contributed by atoms with Gasteiger partial charge >= 0.3 is 6.09 Å². The largest absolute Gasteiger partial charge is 0.444 e. The predicted octanol–water partition coefficient (Wildman–Crippen LogP) is 3.23. The number of hydrogen-bond acceptors (Lipinski definition) is 3. The highest BCUT2D eigenvalue weighted by molar-refractivity contribution is 5.68. The van der Waals surface area contributed by atoms with Gasteiger partial charge in [0.2, 0.25) is 0 Å². The Morgan fingerprint density at radius 1 is 1.48 bits per heavy atom. The second kappa shape index (κ2) is 6.21. The van der Waals surface area contributed by atoms with Crippen LogP contribution in [-0.4, -0.2) is 21.2 Å². The zero-order chi connectivity index (χ0) is 16.3. The minimum atomic E-state index is -0.609. The molecule has 1 unspecified atom stereocenters. The molecule has 0 spiro atoms. The van der Waals surface area contributed by atoms with Gasteiger partial charge in [0.1, 0.15) is 5.60 Å². The van der Waals surface area contributed by atoms with Crippen molar-refractivity contribution in [2.45, 2.75) is 65.1 Å². The maximum absolute atomic E-state index is 12.0. The average molecular weight is 291 g/mol. The molecule has 0 aromatic carbocycles. The Balaban J connectivity index is 2.91. The third-order valence-corrected chi connectivity index (χ3v) is 3.01. The van der Waals surface area contributed by atoms with Crippen molar-refractivity contribution < 1.29 is 9.53 Å². The van der Waals surface area contributed by atoms with Gasteiger partial charge in [0, 0.05) is 12.5 Å². The van der Waals surface area contributed by atoms with Crippen molar-refractivity contribution in [3.63, 3.8) is 0 Å². The lowest BCUT2D eigenvalue weighted by Gasteiger charge is -2.30. The van der Waals surface area contributed by atoms with Gasteiger partial charge < -0.3 is 14.6 Å². The molecule has 0 aliphatic carbocycles. The molecule has 1 heterocycles. The molecule has 1 aromatic heterocycles. The van der Waals surface area contributed by atoms with Crippen molar-refractivity contribution in [3.05, 3.63) is 18.2 Å². The number of ether oxygens (including phenoxy) is 1. The molecule has 0 aliphatic rings. The summed E-state index contributed by atoms with van der Waals surface area (Å²) >= 11 is 0. The number of alkyl carbamates (subject to hydrolysis) is 1. The molecule has 5 nitrogen and oxygen atoms in total.